The van der Waals surface area contributed by atoms with Gasteiger partial charge < -0.3 is 9.87 Å². The van der Waals surface area contributed by atoms with Gasteiger partial charge in [-0.15, -0.1) is 0 Å². The summed E-state index contributed by atoms with van der Waals surface area (Å²) in [5.74, 6) is 0. The molecule has 0 atom stereocenters. The summed E-state index contributed by atoms with van der Waals surface area (Å²) < 4.78 is 37.4. The first kappa shape index (κ1) is 23.9. The Morgan fingerprint density at radius 3 is 1.62 bits per heavy atom. The number of nitrogens with one attached hydrogen (secondary N) is 1. The first-order chi connectivity index (χ1) is 16.5. The predicted molar refractivity (Wildman–Crippen MR) is 132 cm³/mol. The molecule has 0 aromatic heterocycles. The molecule has 5 rings (SSSR count). The number of anilines is 2. The van der Waals surface area contributed by atoms with Gasteiger partial charge in [-0.1, -0.05) is 42.5 Å². The van der Waals surface area contributed by atoms with Crippen molar-refractivity contribution in [1.29, 1.82) is 0 Å². The van der Waals surface area contributed by atoms with Crippen LogP contribution in [0.1, 0.15) is 0 Å². The minimum absolute atomic E-state index is 0.0287. The van der Waals surface area contributed by atoms with E-state index in [1.165, 1.54) is 13.2 Å². The van der Waals surface area contributed by atoms with Gasteiger partial charge in [-0.2, -0.15) is 0 Å². The summed E-state index contributed by atoms with van der Waals surface area (Å²) in [7, 11) is -4.53. The fourth-order valence-corrected chi connectivity index (χ4v) is 6.37. The minimum atomic E-state index is -4.53. The second-order valence-electron chi connectivity index (χ2n) is 7.29. The van der Waals surface area contributed by atoms with Crippen molar-refractivity contribution in [3.63, 3.8) is 0 Å². The van der Waals surface area contributed by atoms with Gasteiger partial charge in [0.1, 0.15) is 10.1 Å². The van der Waals surface area contributed by atoms with E-state index in [1.807, 2.05) is 36.4 Å². The SMILES string of the molecule is O=S(=O)([O-])c1cccc2cccc(Nc3ccccc3)c12.c1ccc([I-]c2ccccc2)cc1. The summed E-state index contributed by atoms with van der Waals surface area (Å²) in [6, 6.07) is 40.8. The zero-order valence-corrected chi connectivity index (χ0v) is 21.1. The summed E-state index contributed by atoms with van der Waals surface area (Å²) in [4.78, 5) is -0.209. The fourth-order valence-electron chi connectivity index (χ4n) is 3.38. The van der Waals surface area contributed by atoms with Crippen molar-refractivity contribution in [2.75, 3.05) is 5.32 Å². The third-order valence-electron chi connectivity index (χ3n) is 4.87. The van der Waals surface area contributed by atoms with E-state index in [0.29, 0.717) is 16.5 Å². The van der Waals surface area contributed by atoms with Gasteiger partial charge in [-0.3, -0.25) is 0 Å². The third kappa shape index (κ3) is 6.44. The van der Waals surface area contributed by atoms with E-state index in [4.69, 9.17) is 0 Å². The van der Waals surface area contributed by atoms with E-state index in [9.17, 15) is 13.0 Å². The Morgan fingerprint density at radius 1 is 0.588 bits per heavy atom. The van der Waals surface area contributed by atoms with E-state index in [-0.39, 0.29) is 26.1 Å². The molecular weight excluding hydrogens is 557 g/mol. The fraction of sp³-hybridized carbons (Fsp3) is 0. The molecule has 0 amide bonds. The number of rotatable bonds is 5. The molecule has 0 spiro atoms. The van der Waals surface area contributed by atoms with Crippen LogP contribution in [0, 0.1) is 7.14 Å². The number of fused-ring (bicyclic) bond motifs is 1. The first-order valence-electron chi connectivity index (χ1n) is 10.6. The normalized spacial score (nSPS) is 11.0. The number of benzene rings is 5. The van der Waals surface area contributed by atoms with E-state index >= 15 is 0 Å². The van der Waals surface area contributed by atoms with Crippen molar-refractivity contribution in [3.05, 3.63) is 135 Å². The molecule has 0 fully saturated rings. The molecule has 5 aromatic rings. The Morgan fingerprint density at radius 2 is 1.09 bits per heavy atom. The number of hydrogen-bond acceptors (Lipinski definition) is 4. The van der Waals surface area contributed by atoms with E-state index in [0.717, 1.165) is 5.69 Å². The molecular formula is C28H22INO3S-2. The standard InChI is InChI=1S/C16H13NO3S.C12H10I/c18-21(19,20)15-11-5-7-12-6-4-10-14(16(12)15)17-13-8-2-1-3-9-13;1-3-7-11(8-4-1)13-12-9-5-2-6-10-12/h1-11,17H,(H,18,19,20);1-10H/q;-1/p-1. The van der Waals surface area contributed by atoms with Gasteiger partial charge in [-0.25, -0.2) is 8.42 Å². The second kappa shape index (κ2) is 11.3. The van der Waals surface area contributed by atoms with Crippen LogP contribution in [-0.2, 0) is 10.1 Å². The van der Waals surface area contributed by atoms with Gasteiger partial charge in [0.25, 0.3) is 0 Å². The average molecular weight is 579 g/mol. The van der Waals surface area contributed by atoms with Gasteiger partial charge >= 0.3 is 89.0 Å². The number of hydrogen-bond donors (Lipinski definition) is 1. The van der Waals surface area contributed by atoms with Crippen LogP contribution >= 0.6 is 0 Å². The molecule has 0 aliphatic carbocycles. The first-order valence-corrected chi connectivity index (χ1v) is 14.1. The second-order valence-corrected chi connectivity index (χ2v) is 11.7. The molecule has 0 saturated carbocycles. The Hall–Kier alpha value is -3.20. The van der Waals surface area contributed by atoms with Crippen molar-refractivity contribution in [2.24, 2.45) is 0 Å². The molecule has 0 saturated heterocycles. The molecule has 0 aliphatic rings. The number of halogens is 1. The monoisotopic (exact) mass is 579 g/mol. The van der Waals surface area contributed by atoms with Crippen molar-refractivity contribution in [1.82, 2.24) is 0 Å². The summed E-state index contributed by atoms with van der Waals surface area (Å²) >= 11 is 0.0287. The van der Waals surface area contributed by atoms with Crippen molar-refractivity contribution >= 4 is 32.3 Å². The van der Waals surface area contributed by atoms with E-state index in [2.05, 4.69) is 66.0 Å². The Labute approximate surface area is 210 Å². The zero-order chi connectivity index (χ0) is 23.8. The third-order valence-corrected chi connectivity index (χ3v) is 8.44. The van der Waals surface area contributed by atoms with Crippen LogP contribution < -0.4 is 26.5 Å². The summed E-state index contributed by atoms with van der Waals surface area (Å²) in [6.07, 6.45) is 0. The van der Waals surface area contributed by atoms with Crippen LogP contribution in [0.25, 0.3) is 10.8 Å². The van der Waals surface area contributed by atoms with Gasteiger partial charge in [0.15, 0.2) is 0 Å². The quantitative estimate of drug-likeness (QED) is 0.257. The molecule has 0 bridgehead atoms. The molecule has 0 heterocycles. The van der Waals surface area contributed by atoms with Crippen LogP contribution in [0.15, 0.2) is 132 Å². The van der Waals surface area contributed by atoms with Crippen LogP contribution in [-0.4, -0.2) is 13.0 Å². The van der Waals surface area contributed by atoms with Gasteiger partial charge in [-0.05, 0) is 29.7 Å². The van der Waals surface area contributed by atoms with Crippen LogP contribution in [0.3, 0.4) is 0 Å². The number of para-hydroxylation sites is 1. The Bertz CT molecular complexity index is 1420. The maximum absolute atomic E-state index is 11.5. The Balaban J connectivity index is 0.000000180. The molecule has 0 radical (unpaired) electrons. The molecule has 34 heavy (non-hydrogen) atoms. The van der Waals surface area contributed by atoms with Crippen LogP contribution in [0.5, 0.6) is 0 Å². The summed E-state index contributed by atoms with van der Waals surface area (Å²) in [5.41, 5.74) is 1.41. The van der Waals surface area contributed by atoms with Gasteiger partial charge in [0, 0.05) is 16.8 Å². The maximum atomic E-state index is 11.5. The molecule has 0 aliphatic heterocycles. The van der Waals surface area contributed by atoms with Crippen molar-refractivity contribution < 1.29 is 34.2 Å². The predicted octanol–water partition coefficient (Wildman–Crippen LogP) is 3.30. The van der Waals surface area contributed by atoms with Gasteiger partial charge in [0.05, 0.1) is 4.90 Å². The molecule has 6 heteroatoms. The van der Waals surface area contributed by atoms with Crippen LogP contribution in [0.4, 0.5) is 11.4 Å². The summed E-state index contributed by atoms with van der Waals surface area (Å²) in [5, 5.41) is 4.27. The molecule has 172 valence electrons. The van der Waals surface area contributed by atoms with Gasteiger partial charge in [0.2, 0.25) is 0 Å². The van der Waals surface area contributed by atoms with E-state index in [1.54, 1.807) is 24.3 Å². The summed E-state index contributed by atoms with van der Waals surface area (Å²) in [6.45, 7) is 0. The van der Waals surface area contributed by atoms with Crippen molar-refractivity contribution in [2.45, 2.75) is 4.90 Å². The molecule has 0 unspecified atom stereocenters. The van der Waals surface area contributed by atoms with E-state index < -0.39 is 10.1 Å². The average Bonchev–Trinajstić information content (AvgIpc) is 2.86. The van der Waals surface area contributed by atoms with Crippen molar-refractivity contribution in [3.8, 4) is 0 Å². The van der Waals surface area contributed by atoms with Crippen LogP contribution in [0.2, 0.25) is 0 Å². The molecule has 4 nitrogen and oxygen atoms in total. The molecule has 5 aromatic carbocycles. The zero-order valence-electron chi connectivity index (χ0n) is 18.1. The topological polar surface area (TPSA) is 69.2 Å². The Kier molecular flexibility index (Phi) is 7.95. The molecule has 1 N–H and O–H groups in total.